The van der Waals surface area contributed by atoms with Crippen molar-refractivity contribution < 1.29 is 0 Å². The number of benzene rings is 1. The number of hydrogen-bond acceptors (Lipinski definition) is 1. The molecule has 2 rings (SSSR count). The maximum atomic E-state index is 6.58. The Balaban J connectivity index is 2.31. The van der Waals surface area contributed by atoms with Crippen LogP contribution in [0.3, 0.4) is 0 Å². The molecule has 0 spiro atoms. The van der Waals surface area contributed by atoms with Gasteiger partial charge in [-0.15, -0.1) is 11.6 Å². The number of nitrogens with zero attached hydrogens (tertiary/aromatic N) is 1. The van der Waals surface area contributed by atoms with Crippen molar-refractivity contribution in [3.63, 3.8) is 0 Å². The van der Waals surface area contributed by atoms with Crippen LogP contribution < -0.4 is 0 Å². The maximum Gasteiger partial charge on any atom is 0.0677 e. The van der Waals surface area contributed by atoms with E-state index in [0.29, 0.717) is 0 Å². The highest BCUT2D eigenvalue weighted by Gasteiger charge is 2.21. The molecule has 0 aliphatic carbocycles. The van der Waals surface area contributed by atoms with Gasteiger partial charge in [0.15, 0.2) is 0 Å². The van der Waals surface area contributed by atoms with Crippen molar-refractivity contribution in [2.24, 2.45) is 0 Å². The average Bonchev–Trinajstić information content (AvgIpc) is 2.41. The molecule has 2 aromatic rings. The third kappa shape index (κ3) is 3.14. The van der Waals surface area contributed by atoms with Gasteiger partial charge in [-0.05, 0) is 35.9 Å². The van der Waals surface area contributed by atoms with Crippen LogP contribution >= 0.6 is 43.5 Å². The number of aromatic nitrogens is 1. The first kappa shape index (κ1) is 14.0. The first-order valence-electron chi connectivity index (χ1n) is 5.59. The van der Waals surface area contributed by atoms with E-state index >= 15 is 0 Å². The fourth-order valence-electron chi connectivity index (χ4n) is 1.79. The zero-order valence-corrected chi connectivity index (χ0v) is 13.7. The van der Waals surface area contributed by atoms with Gasteiger partial charge in [0.05, 0.1) is 5.38 Å². The highest BCUT2D eigenvalue weighted by Crippen LogP contribution is 2.39. The van der Waals surface area contributed by atoms with E-state index < -0.39 is 0 Å². The van der Waals surface area contributed by atoms with Crippen molar-refractivity contribution in [3.05, 3.63) is 62.8 Å². The summed E-state index contributed by atoms with van der Waals surface area (Å²) in [7, 11) is 0. The predicted molar refractivity (Wildman–Crippen MR) is 83.1 cm³/mol. The number of pyridine rings is 1. The van der Waals surface area contributed by atoms with Crippen LogP contribution in [0.1, 0.15) is 29.5 Å². The topological polar surface area (TPSA) is 12.9 Å². The second-order valence-electron chi connectivity index (χ2n) is 4.11. The van der Waals surface area contributed by atoms with Gasteiger partial charge >= 0.3 is 0 Å². The molecule has 18 heavy (non-hydrogen) atoms. The van der Waals surface area contributed by atoms with Crippen LogP contribution in [0.4, 0.5) is 0 Å². The second-order valence-corrected chi connectivity index (χ2v) is 6.35. The van der Waals surface area contributed by atoms with Crippen LogP contribution in [-0.4, -0.2) is 4.98 Å². The van der Waals surface area contributed by atoms with E-state index in [1.165, 1.54) is 0 Å². The lowest BCUT2D eigenvalue weighted by Crippen LogP contribution is -2.05. The Morgan fingerprint density at radius 1 is 1.17 bits per heavy atom. The summed E-state index contributed by atoms with van der Waals surface area (Å²) in [4.78, 5) is 4.37. The molecule has 1 nitrogen and oxygen atoms in total. The van der Waals surface area contributed by atoms with Gasteiger partial charge in [-0.25, -0.2) is 0 Å². The fraction of sp³-hybridized carbons (Fsp3) is 0.214. The molecule has 0 aliphatic rings. The molecule has 94 valence electrons. The van der Waals surface area contributed by atoms with Gasteiger partial charge in [0, 0.05) is 26.8 Å². The van der Waals surface area contributed by atoms with Gasteiger partial charge in [-0.3, -0.25) is 4.98 Å². The number of rotatable bonds is 3. The zero-order valence-electron chi connectivity index (χ0n) is 9.78. The lowest BCUT2D eigenvalue weighted by atomic mass is 9.97. The summed E-state index contributed by atoms with van der Waals surface area (Å²) in [6, 6.07) is 11.9. The third-order valence-corrected chi connectivity index (χ3v) is 4.68. The van der Waals surface area contributed by atoms with E-state index in [-0.39, 0.29) is 11.3 Å². The largest absolute Gasteiger partial charge is 0.261 e. The maximum absolute atomic E-state index is 6.58. The van der Waals surface area contributed by atoms with E-state index in [0.717, 1.165) is 20.2 Å². The minimum Gasteiger partial charge on any atom is -0.261 e. The molecular formula is C14H12Br2ClN. The van der Waals surface area contributed by atoms with Crippen molar-refractivity contribution in [2.75, 3.05) is 0 Å². The molecule has 0 bridgehead atoms. The number of hydrogen-bond donors (Lipinski definition) is 0. The molecule has 0 saturated heterocycles. The Kier molecular flexibility index (Phi) is 4.82. The van der Waals surface area contributed by atoms with E-state index in [9.17, 15) is 0 Å². The average molecular weight is 390 g/mol. The number of alkyl halides is 1. The van der Waals surface area contributed by atoms with Crippen molar-refractivity contribution in [3.8, 4) is 0 Å². The van der Waals surface area contributed by atoms with Gasteiger partial charge in [0.2, 0.25) is 0 Å². The van der Waals surface area contributed by atoms with Crippen molar-refractivity contribution in [1.29, 1.82) is 0 Å². The molecule has 0 aliphatic heterocycles. The Bertz CT molecular complexity index is 531. The summed E-state index contributed by atoms with van der Waals surface area (Å²) in [5.41, 5.74) is 2.08. The first-order chi connectivity index (χ1) is 8.59. The van der Waals surface area contributed by atoms with Crippen LogP contribution in [0.25, 0.3) is 0 Å². The minimum absolute atomic E-state index is 0.119. The monoisotopic (exact) mass is 387 g/mol. The van der Waals surface area contributed by atoms with Crippen molar-refractivity contribution >= 4 is 43.5 Å². The zero-order chi connectivity index (χ0) is 13.1. The molecule has 1 aromatic carbocycles. The van der Waals surface area contributed by atoms with Gasteiger partial charge in [-0.1, -0.05) is 44.8 Å². The van der Waals surface area contributed by atoms with Gasteiger partial charge in [0.25, 0.3) is 0 Å². The van der Waals surface area contributed by atoms with Crippen molar-refractivity contribution in [2.45, 2.75) is 18.2 Å². The minimum atomic E-state index is -0.119. The summed E-state index contributed by atoms with van der Waals surface area (Å²) in [6.07, 6.45) is 1.80. The summed E-state index contributed by atoms with van der Waals surface area (Å²) < 4.78 is 2.05. The fourth-order valence-corrected chi connectivity index (χ4v) is 3.10. The van der Waals surface area contributed by atoms with Crippen LogP contribution in [0.5, 0.6) is 0 Å². The third-order valence-electron chi connectivity index (χ3n) is 2.85. The smallest absolute Gasteiger partial charge is 0.0677 e. The van der Waals surface area contributed by atoms with Gasteiger partial charge in [-0.2, -0.15) is 0 Å². The normalized spacial score (nSPS) is 14.2. The van der Waals surface area contributed by atoms with E-state index in [1.807, 2.05) is 36.4 Å². The molecular weight excluding hydrogens is 377 g/mol. The van der Waals surface area contributed by atoms with Gasteiger partial charge in [0.1, 0.15) is 0 Å². The first-order valence-corrected chi connectivity index (χ1v) is 7.62. The van der Waals surface area contributed by atoms with Crippen LogP contribution in [0.2, 0.25) is 0 Å². The van der Waals surface area contributed by atoms with Crippen LogP contribution in [-0.2, 0) is 0 Å². The molecule has 0 amide bonds. The molecule has 2 atom stereocenters. The predicted octanol–water partition coefficient (Wildman–Crippen LogP) is 5.69. The highest BCUT2D eigenvalue weighted by molar-refractivity contribution is 9.11. The molecule has 0 N–H and O–H groups in total. The molecule has 0 fully saturated rings. The van der Waals surface area contributed by atoms with Crippen molar-refractivity contribution in [1.82, 2.24) is 4.98 Å². The van der Waals surface area contributed by atoms with Gasteiger partial charge < -0.3 is 0 Å². The molecule has 2 unspecified atom stereocenters. The van der Waals surface area contributed by atoms with E-state index in [1.54, 1.807) is 6.20 Å². The van der Waals surface area contributed by atoms with Crippen LogP contribution in [0, 0.1) is 0 Å². The summed E-state index contributed by atoms with van der Waals surface area (Å²) in [6.45, 7) is 2.09. The Hall–Kier alpha value is -0.380. The standard InChI is InChI=1S/C14H12Br2ClN/c1-9(13-4-2-3-7-18-13)14(17)11-8-10(15)5-6-12(11)16/h2-9,14H,1H3. The van der Waals surface area contributed by atoms with Crippen LogP contribution in [0.15, 0.2) is 51.5 Å². The lowest BCUT2D eigenvalue weighted by Gasteiger charge is -2.19. The summed E-state index contributed by atoms with van der Waals surface area (Å²) >= 11 is 13.6. The molecule has 1 heterocycles. The molecule has 0 radical (unpaired) electrons. The molecule has 4 heteroatoms. The quantitative estimate of drug-likeness (QED) is 0.615. The Morgan fingerprint density at radius 2 is 1.94 bits per heavy atom. The Labute approximate surface area is 129 Å². The SMILES string of the molecule is CC(c1ccccn1)C(Cl)c1cc(Br)ccc1Br. The van der Waals surface area contributed by atoms with E-state index in [2.05, 4.69) is 43.8 Å². The molecule has 0 saturated carbocycles. The highest BCUT2D eigenvalue weighted by atomic mass is 79.9. The lowest BCUT2D eigenvalue weighted by molar-refractivity contribution is 0.704. The molecule has 1 aromatic heterocycles. The van der Waals surface area contributed by atoms with E-state index in [4.69, 9.17) is 11.6 Å². The Morgan fingerprint density at radius 3 is 2.61 bits per heavy atom. The second kappa shape index (κ2) is 6.18. The number of halogens is 3. The summed E-state index contributed by atoms with van der Waals surface area (Å²) in [5.74, 6) is 0.151. The summed E-state index contributed by atoms with van der Waals surface area (Å²) in [5, 5.41) is -0.119.